The molecule has 7 heteroatoms. The smallest absolute Gasteiger partial charge is 0.220 e. The Morgan fingerprint density at radius 3 is 3.00 bits per heavy atom. The molecule has 2 aliphatic heterocycles. The summed E-state index contributed by atoms with van der Waals surface area (Å²) in [6, 6.07) is 7.84. The Hall–Kier alpha value is -1.99. The van der Waals surface area contributed by atoms with Crippen molar-refractivity contribution in [2.75, 3.05) is 19.0 Å². The monoisotopic (exact) mass is 361 g/mol. The number of nitrogens with two attached hydrogens (primary N) is 1. The predicted octanol–water partition coefficient (Wildman–Crippen LogP) is 3.32. The first-order valence-electron chi connectivity index (χ1n) is 8.07. The number of benzene rings is 1. The summed E-state index contributed by atoms with van der Waals surface area (Å²) in [4.78, 5) is 8.28. The summed E-state index contributed by atoms with van der Waals surface area (Å²) in [6.07, 6.45) is 2.17. The standard InChI is InChI=1S/C18H17F2N3OS/c19-15-4-3-11(13-2-1-6-22-16(13)20)8-14(15)18-10-24-7-5-12(18)9-25-17(21)23-18/h1-4,6,8,12H,5,7,9-10H2,(H2,21,23). The summed E-state index contributed by atoms with van der Waals surface area (Å²) in [5, 5.41) is 0.430. The first-order chi connectivity index (χ1) is 12.1. The number of thioether (sulfide) groups is 1. The molecule has 4 rings (SSSR count). The fraction of sp³-hybridized carbons (Fsp3) is 0.333. The van der Waals surface area contributed by atoms with Crippen LogP contribution in [0.25, 0.3) is 11.1 Å². The Bertz CT molecular complexity index is 845. The van der Waals surface area contributed by atoms with E-state index in [0.717, 1.165) is 12.2 Å². The van der Waals surface area contributed by atoms with E-state index < -0.39 is 11.5 Å². The molecule has 25 heavy (non-hydrogen) atoms. The molecule has 2 N–H and O–H groups in total. The zero-order valence-corrected chi connectivity index (χ0v) is 14.2. The van der Waals surface area contributed by atoms with E-state index in [2.05, 4.69) is 9.98 Å². The van der Waals surface area contributed by atoms with Crippen molar-refractivity contribution < 1.29 is 13.5 Å². The van der Waals surface area contributed by atoms with Crippen molar-refractivity contribution in [3.63, 3.8) is 0 Å². The highest BCUT2D eigenvalue weighted by atomic mass is 32.2. The maximum absolute atomic E-state index is 14.8. The number of aromatic nitrogens is 1. The second-order valence-corrected chi connectivity index (χ2v) is 7.30. The average Bonchev–Trinajstić information content (AvgIpc) is 2.62. The van der Waals surface area contributed by atoms with E-state index in [1.807, 2.05) is 0 Å². The van der Waals surface area contributed by atoms with Gasteiger partial charge in [-0.2, -0.15) is 4.39 Å². The molecule has 0 bridgehead atoms. The number of aliphatic imine (C=N–C) groups is 1. The molecule has 1 aromatic heterocycles. The molecule has 130 valence electrons. The van der Waals surface area contributed by atoms with Gasteiger partial charge in [-0.15, -0.1) is 0 Å². The largest absolute Gasteiger partial charge is 0.379 e. The van der Waals surface area contributed by atoms with Gasteiger partial charge in [0.2, 0.25) is 5.95 Å². The summed E-state index contributed by atoms with van der Waals surface area (Å²) in [5.74, 6) is -0.0749. The average molecular weight is 361 g/mol. The number of ether oxygens (including phenoxy) is 1. The molecule has 2 unspecified atom stereocenters. The quantitative estimate of drug-likeness (QED) is 0.834. The van der Waals surface area contributed by atoms with Crippen molar-refractivity contribution in [1.82, 2.24) is 4.98 Å². The van der Waals surface area contributed by atoms with Crippen molar-refractivity contribution in [2.45, 2.75) is 12.0 Å². The lowest BCUT2D eigenvalue weighted by atomic mass is 9.76. The molecule has 1 fully saturated rings. The summed E-state index contributed by atoms with van der Waals surface area (Å²) < 4.78 is 34.5. The van der Waals surface area contributed by atoms with Crippen LogP contribution >= 0.6 is 11.8 Å². The molecule has 2 atom stereocenters. The van der Waals surface area contributed by atoms with Gasteiger partial charge in [0.05, 0.1) is 6.61 Å². The van der Waals surface area contributed by atoms with Gasteiger partial charge in [-0.05, 0) is 36.2 Å². The number of hydrogen-bond donors (Lipinski definition) is 1. The van der Waals surface area contributed by atoms with Crippen molar-refractivity contribution in [3.05, 3.63) is 53.9 Å². The fourth-order valence-electron chi connectivity index (χ4n) is 3.55. The van der Waals surface area contributed by atoms with Gasteiger partial charge >= 0.3 is 0 Å². The molecule has 1 aromatic carbocycles. The highest BCUT2D eigenvalue weighted by Gasteiger charge is 2.47. The molecule has 0 saturated carbocycles. The number of rotatable bonds is 2. The maximum atomic E-state index is 14.8. The van der Waals surface area contributed by atoms with Crippen molar-refractivity contribution >= 4 is 16.9 Å². The fourth-order valence-corrected chi connectivity index (χ4v) is 4.60. The number of nitrogens with zero attached hydrogens (tertiary/aromatic N) is 2. The molecule has 2 aliphatic rings. The Morgan fingerprint density at radius 1 is 1.28 bits per heavy atom. The van der Waals surface area contributed by atoms with Gasteiger partial charge in [0, 0.05) is 35.6 Å². The Kier molecular flexibility index (Phi) is 4.21. The topological polar surface area (TPSA) is 60.5 Å². The van der Waals surface area contributed by atoms with Crippen LogP contribution in [0.5, 0.6) is 0 Å². The lowest BCUT2D eigenvalue weighted by Crippen LogP contribution is -2.48. The molecule has 0 radical (unpaired) electrons. The summed E-state index contributed by atoms with van der Waals surface area (Å²) >= 11 is 1.49. The van der Waals surface area contributed by atoms with Gasteiger partial charge in [-0.3, -0.25) is 0 Å². The minimum atomic E-state index is -0.855. The van der Waals surface area contributed by atoms with Crippen LogP contribution < -0.4 is 5.73 Å². The Labute approximate surface area is 148 Å². The minimum Gasteiger partial charge on any atom is -0.379 e. The zero-order valence-electron chi connectivity index (χ0n) is 13.4. The summed E-state index contributed by atoms with van der Waals surface area (Å²) in [7, 11) is 0. The van der Waals surface area contributed by atoms with E-state index >= 15 is 0 Å². The van der Waals surface area contributed by atoms with E-state index in [1.165, 1.54) is 24.0 Å². The van der Waals surface area contributed by atoms with Crippen molar-refractivity contribution in [2.24, 2.45) is 16.6 Å². The molecule has 4 nitrogen and oxygen atoms in total. The van der Waals surface area contributed by atoms with E-state index in [9.17, 15) is 8.78 Å². The lowest BCUT2D eigenvalue weighted by Gasteiger charge is -2.43. The first-order valence-corrected chi connectivity index (χ1v) is 9.05. The maximum Gasteiger partial charge on any atom is 0.220 e. The SMILES string of the molecule is NC1=NC2(c3cc(-c4cccnc4F)ccc3F)COCCC2CS1. The number of pyridine rings is 1. The zero-order chi connectivity index (χ0) is 17.4. The lowest BCUT2D eigenvalue weighted by molar-refractivity contribution is 0.00303. The minimum absolute atomic E-state index is 0.127. The normalized spacial score (nSPS) is 26.0. The molecule has 3 heterocycles. The second kappa shape index (κ2) is 6.38. The predicted molar refractivity (Wildman–Crippen MR) is 94.3 cm³/mol. The van der Waals surface area contributed by atoms with Crippen LogP contribution in [0.3, 0.4) is 0 Å². The molecule has 0 amide bonds. The van der Waals surface area contributed by atoms with E-state index in [1.54, 1.807) is 24.3 Å². The van der Waals surface area contributed by atoms with E-state index in [4.69, 9.17) is 10.5 Å². The second-order valence-electron chi connectivity index (χ2n) is 6.26. The number of fused-ring (bicyclic) bond motifs is 1. The Morgan fingerprint density at radius 2 is 2.16 bits per heavy atom. The molecule has 1 saturated heterocycles. The van der Waals surface area contributed by atoms with E-state index in [0.29, 0.717) is 28.5 Å². The summed E-state index contributed by atoms with van der Waals surface area (Å²) in [5.41, 5.74) is 6.39. The molecule has 2 aromatic rings. The first kappa shape index (κ1) is 16.5. The number of hydrogen-bond acceptors (Lipinski definition) is 5. The van der Waals surface area contributed by atoms with E-state index in [-0.39, 0.29) is 18.3 Å². The van der Waals surface area contributed by atoms with Gasteiger partial charge < -0.3 is 10.5 Å². The van der Waals surface area contributed by atoms with Crippen LogP contribution in [0.2, 0.25) is 0 Å². The molecular weight excluding hydrogens is 344 g/mol. The van der Waals surface area contributed by atoms with Gasteiger partial charge in [-0.1, -0.05) is 17.8 Å². The van der Waals surface area contributed by atoms with Crippen LogP contribution in [-0.4, -0.2) is 29.1 Å². The van der Waals surface area contributed by atoms with Gasteiger partial charge in [0.1, 0.15) is 11.4 Å². The van der Waals surface area contributed by atoms with Gasteiger partial charge in [-0.25, -0.2) is 14.4 Å². The third-order valence-electron chi connectivity index (χ3n) is 4.85. The van der Waals surface area contributed by atoms with Gasteiger partial charge in [0.25, 0.3) is 0 Å². The molecular formula is C18H17F2N3OS. The van der Waals surface area contributed by atoms with Crippen LogP contribution in [0.4, 0.5) is 8.78 Å². The molecule has 0 aliphatic carbocycles. The third kappa shape index (κ3) is 2.81. The Balaban J connectivity index is 1.88. The van der Waals surface area contributed by atoms with Crippen molar-refractivity contribution in [1.29, 1.82) is 0 Å². The van der Waals surface area contributed by atoms with Gasteiger partial charge in [0.15, 0.2) is 5.17 Å². The van der Waals surface area contributed by atoms with Crippen LogP contribution in [-0.2, 0) is 10.3 Å². The van der Waals surface area contributed by atoms with Crippen LogP contribution in [0.1, 0.15) is 12.0 Å². The highest BCUT2D eigenvalue weighted by Crippen LogP contribution is 2.46. The summed E-state index contributed by atoms with van der Waals surface area (Å²) in [6.45, 7) is 0.899. The third-order valence-corrected chi connectivity index (χ3v) is 5.81. The number of halogens is 2. The van der Waals surface area contributed by atoms with Crippen molar-refractivity contribution in [3.8, 4) is 11.1 Å². The highest BCUT2D eigenvalue weighted by molar-refractivity contribution is 8.13. The van der Waals surface area contributed by atoms with Crippen LogP contribution in [0, 0.1) is 17.7 Å². The molecule has 0 spiro atoms. The van der Waals surface area contributed by atoms with Crippen LogP contribution in [0.15, 0.2) is 41.5 Å². The number of amidine groups is 1.